The molecule has 0 fully saturated rings. The Kier molecular flexibility index (Phi) is 4.10. The average molecular weight is 312 g/mol. The van der Waals surface area contributed by atoms with Gasteiger partial charge in [0, 0.05) is 9.75 Å². The predicted octanol–water partition coefficient (Wildman–Crippen LogP) is 5.25. The maximum atomic E-state index is 13.0. The normalized spacial score (nSPS) is 12.4. The number of aliphatic hydroxyl groups excluding tert-OH is 1. The van der Waals surface area contributed by atoms with Gasteiger partial charge in [0.15, 0.2) is 0 Å². The highest BCUT2D eigenvalue weighted by Gasteiger charge is 2.16. The molecule has 0 aliphatic heterocycles. The van der Waals surface area contributed by atoms with Crippen LogP contribution in [-0.4, -0.2) is 5.11 Å². The van der Waals surface area contributed by atoms with E-state index in [-0.39, 0.29) is 5.82 Å². The van der Waals surface area contributed by atoms with Crippen LogP contribution in [0.2, 0.25) is 0 Å². The van der Waals surface area contributed by atoms with Crippen molar-refractivity contribution in [3.63, 3.8) is 0 Å². The van der Waals surface area contributed by atoms with Gasteiger partial charge < -0.3 is 5.11 Å². The summed E-state index contributed by atoms with van der Waals surface area (Å²) in [6.45, 7) is 4.03. The van der Waals surface area contributed by atoms with Gasteiger partial charge in [0.25, 0.3) is 0 Å². The Hall–Kier alpha value is -1.97. The Morgan fingerprint density at radius 2 is 1.68 bits per heavy atom. The molecule has 0 aliphatic carbocycles. The third kappa shape index (κ3) is 2.96. The Morgan fingerprint density at radius 3 is 2.41 bits per heavy atom. The first-order valence-electron chi connectivity index (χ1n) is 7.15. The van der Waals surface area contributed by atoms with Crippen LogP contribution in [-0.2, 0) is 0 Å². The highest BCUT2D eigenvalue weighted by Crippen LogP contribution is 2.35. The van der Waals surface area contributed by atoms with Crippen LogP contribution in [0.4, 0.5) is 4.39 Å². The number of hydrogen-bond donors (Lipinski definition) is 1. The van der Waals surface area contributed by atoms with Crippen LogP contribution in [0.3, 0.4) is 0 Å². The third-order valence-electron chi connectivity index (χ3n) is 3.75. The zero-order valence-electron chi connectivity index (χ0n) is 12.5. The first kappa shape index (κ1) is 14.9. The van der Waals surface area contributed by atoms with E-state index in [9.17, 15) is 9.50 Å². The second kappa shape index (κ2) is 6.03. The molecule has 0 amide bonds. The maximum Gasteiger partial charge on any atom is 0.123 e. The lowest BCUT2D eigenvalue weighted by molar-refractivity contribution is 0.223. The minimum Gasteiger partial charge on any atom is -0.383 e. The highest BCUT2D eigenvalue weighted by molar-refractivity contribution is 7.15. The zero-order chi connectivity index (χ0) is 15.7. The van der Waals surface area contributed by atoms with E-state index in [0.29, 0.717) is 0 Å². The molecule has 112 valence electrons. The molecule has 3 heteroatoms. The van der Waals surface area contributed by atoms with Gasteiger partial charge in [-0.05, 0) is 54.8 Å². The van der Waals surface area contributed by atoms with Crippen LogP contribution in [0.1, 0.15) is 27.7 Å². The summed E-state index contributed by atoms with van der Waals surface area (Å²) < 4.78 is 13.0. The molecule has 1 unspecified atom stereocenters. The van der Waals surface area contributed by atoms with Crippen LogP contribution in [0, 0.1) is 19.7 Å². The monoisotopic (exact) mass is 312 g/mol. The van der Waals surface area contributed by atoms with Crippen molar-refractivity contribution in [1.29, 1.82) is 0 Å². The molecule has 0 saturated carbocycles. The number of hydrogen-bond acceptors (Lipinski definition) is 2. The Labute approximate surface area is 133 Å². The van der Waals surface area contributed by atoms with Crippen molar-refractivity contribution in [2.45, 2.75) is 20.0 Å². The molecule has 2 aromatic carbocycles. The molecular formula is C19H17FOS. The van der Waals surface area contributed by atoms with E-state index < -0.39 is 6.10 Å². The Bertz CT molecular complexity index is 789. The summed E-state index contributed by atoms with van der Waals surface area (Å²) >= 11 is 1.54. The molecule has 1 N–H and O–H groups in total. The number of benzene rings is 2. The van der Waals surface area contributed by atoms with Crippen molar-refractivity contribution in [2.24, 2.45) is 0 Å². The van der Waals surface area contributed by atoms with Crippen LogP contribution in [0.15, 0.2) is 54.6 Å². The molecule has 1 aromatic heterocycles. The van der Waals surface area contributed by atoms with E-state index in [1.54, 1.807) is 12.1 Å². The largest absolute Gasteiger partial charge is 0.383 e. The number of aryl methyl sites for hydroxylation is 2. The lowest BCUT2D eigenvalue weighted by atomic mass is 10.00. The second-order valence-electron chi connectivity index (χ2n) is 5.47. The summed E-state index contributed by atoms with van der Waals surface area (Å²) in [6.07, 6.45) is -0.626. The van der Waals surface area contributed by atoms with E-state index in [4.69, 9.17) is 0 Å². The van der Waals surface area contributed by atoms with Crippen molar-refractivity contribution in [1.82, 2.24) is 0 Å². The fourth-order valence-electron chi connectivity index (χ4n) is 2.48. The van der Waals surface area contributed by atoms with Crippen LogP contribution in [0.25, 0.3) is 10.4 Å². The van der Waals surface area contributed by atoms with E-state index in [2.05, 4.69) is 0 Å². The second-order valence-corrected chi connectivity index (χ2v) is 6.59. The summed E-state index contributed by atoms with van der Waals surface area (Å²) in [7, 11) is 0. The number of thiophene rings is 1. The highest BCUT2D eigenvalue weighted by atomic mass is 32.1. The summed E-state index contributed by atoms with van der Waals surface area (Å²) in [6, 6.07) is 16.4. The predicted molar refractivity (Wildman–Crippen MR) is 89.7 cm³/mol. The summed E-state index contributed by atoms with van der Waals surface area (Å²) in [5, 5.41) is 10.7. The lowest BCUT2D eigenvalue weighted by Crippen LogP contribution is -2.00. The van der Waals surface area contributed by atoms with Gasteiger partial charge in [-0.1, -0.05) is 35.9 Å². The number of rotatable bonds is 3. The number of aliphatic hydroxyl groups is 1. The molecule has 0 spiro atoms. The van der Waals surface area contributed by atoms with Crippen molar-refractivity contribution >= 4 is 11.3 Å². The van der Waals surface area contributed by atoms with Gasteiger partial charge in [0.1, 0.15) is 11.9 Å². The third-order valence-corrected chi connectivity index (χ3v) is 4.94. The summed E-state index contributed by atoms with van der Waals surface area (Å²) in [5.41, 5.74) is 4.11. The van der Waals surface area contributed by atoms with Gasteiger partial charge in [-0.2, -0.15) is 0 Å². The van der Waals surface area contributed by atoms with Gasteiger partial charge in [0.05, 0.1) is 0 Å². The molecule has 1 heterocycles. The van der Waals surface area contributed by atoms with E-state index in [0.717, 1.165) is 32.0 Å². The molecule has 3 rings (SSSR count). The van der Waals surface area contributed by atoms with Crippen molar-refractivity contribution in [3.05, 3.63) is 82.0 Å². The molecule has 1 nitrogen and oxygen atoms in total. The van der Waals surface area contributed by atoms with Crippen molar-refractivity contribution in [2.75, 3.05) is 0 Å². The number of halogens is 1. The minimum atomic E-state index is -0.626. The van der Waals surface area contributed by atoms with E-state index >= 15 is 0 Å². The standard InChI is InChI=1S/C19H17FOS/c1-12-3-4-13(2)16(11-12)19(21)18-10-9-17(22-18)14-5-7-15(20)8-6-14/h3-11,19,21H,1-2H3. The van der Waals surface area contributed by atoms with Gasteiger partial charge in [-0.15, -0.1) is 11.3 Å². The minimum absolute atomic E-state index is 0.240. The quantitative estimate of drug-likeness (QED) is 0.700. The fraction of sp³-hybridized carbons (Fsp3) is 0.158. The molecule has 0 bridgehead atoms. The zero-order valence-corrected chi connectivity index (χ0v) is 13.3. The molecule has 22 heavy (non-hydrogen) atoms. The summed E-state index contributed by atoms with van der Waals surface area (Å²) in [5.74, 6) is -0.240. The van der Waals surface area contributed by atoms with Crippen molar-refractivity contribution < 1.29 is 9.50 Å². The van der Waals surface area contributed by atoms with Gasteiger partial charge >= 0.3 is 0 Å². The van der Waals surface area contributed by atoms with Crippen LogP contribution in [0.5, 0.6) is 0 Å². The van der Waals surface area contributed by atoms with Gasteiger partial charge in [0.2, 0.25) is 0 Å². The van der Waals surface area contributed by atoms with Crippen LogP contribution < -0.4 is 0 Å². The average Bonchev–Trinajstić information content (AvgIpc) is 2.99. The fourth-order valence-corrected chi connectivity index (χ4v) is 3.50. The van der Waals surface area contributed by atoms with Crippen LogP contribution >= 0.6 is 11.3 Å². The smallest absolute Gasteiger partial charge is 0.123 e. The molecule has 1 atom stereocenters. The summed E-state index contributed by atoms with van der Waals surface area (Å²) in [4.78, 5) is 1.92. The topological polar surface area (TPSA) is 20.2 Å². The first-order chi connectivity index (χ1) is 10.5. The van der Waals surface area contributed by atoms with Gasteiger partial charge in [-0.25, -0.2) is 4.39 Å². The molecular weight excluding hydrogens is 295 g/mol. The lowest BCUT2D eigenvalue weighted by Gasteiger charge is -2.13. The van der Waals surface area contributed by atoms with Crippen molar-refractivity contribution in [3.8, 4) is 10.4 Å². The maximum absolute atomic E-state index is 13.0. The first-order valence-corrected chi connectivity index (χ1v) is 7.97. The Balaban J connectivity index is 1.93. The molecule has 0 radical (unpaired) electrons. The molecule has 0 aliphatic rings. The van der Waals surface area contributed by atoms with Gasteiger partial charge in [-0.3, -0.25) is 0 Å². The van der Waals surface area contributed by atoms with E-state index in [1.165, 1.54) is 23.5 Å². The Morgan fingerprint density at radius 1 is 0.955 bits per heavy atom. The van der Waals surface area contributed by atoms with E-state index in [1.807, 2.05) is 44.2 Å². The molecule has 0 saturated heterocycles. The SMILES string of the molecule is Cc1ccc(C)c(C(O)c2ccc(-c3ccc(F)cc3)s2)c1. The molecule has 3 aromatic rings.